The van der Waals surface area contributed by atoms with Gasteiger partial charge in [-0.1, -0.05) is 12.1 Å². The Labute approximate surface area is 187 Å². The molecule has 0 bridgehead atoms. The fraction of sp³-hybridized carbons (Fsp3) is 0.417. The number of likely N-dealkylation sites (tertiary alicyclic amines) is 1. The lowest BCUT2D eigenvalue weighted by atomic mass is 9.75. The van der Waals surface area contributed by atoms with Gasteiger partial charge in [-0.25, -0.2) is 4.98 Å². The quantitative estimate of drug-likeness (QED) is 0.489. The summed E-state index contributed by atoms with van der Waals surface area (Å²) in [4.78, 5) is 20.0. The molecule has 1 atom stereocenters. The van der Waals surface area contributed by atoms with Crippen molar-refractivity contribution in [1.82, 2.24) is 14.5 Å². The molecule has 2 aromatic heterocycles. The van der Waals surface area contributed by atoms with E-state index < -0.39 is 5.41 Å². The van der Waals surface area contributed by atoms with Gasteiger partial charge in [0.05, 0.1) is 19.1 Å². The predicted molar refractivity (Wildman–Crippen MR) is 122 cm³/mol. The maximum Gasteiger partial charge on any atom is 0.313 e. The number of piperidine rings is 1. The molecule has 1 aromatic carbocycles. The number of carbonyl (C=O) groups excluding carboxylic acids is 1. The molecule has 4 rings (SSSR count). The number of carbonyl (C=O) groups is 1. The summed E-state index contributed by atoms with van der Waals surface area (Å²) in [5.74, 6) is 0.711. The van der Waals surface area contributed by atoms with Gasteiger partial charge in [0, 0.05) is 36.6 Å². The number of thiazole rings is 1. The third-order valence-electron chi connectivity index (χ3n) is 5.89. The van der Waals surface area contributed by atoms with Gasteiger partial charge in [-0.15, -0.1) is 11.3 Å². The zero-order chi connectivity index (χ0) is 21.7. The van der Waals surface area contributed by atoms with Crippen LogP contribution in [-0.4, -0.2) is 47.2 Å². The fourth-order valence-electron chi connectivity index (χ4n) is 4.50. The number of ether oxygens (including phenoxy) is 2. The largest absolute Gasteiger partial charge is 0.497 e. The van der Waals surface area contributed by atoms with E-state index in [-0.39, 0.29) is 5.97 Å². The van der Waals surface area contributed by atoms with Gasteiger partial charge in [0.15, 0.2) is 5.13 Å². The van der Waals surface area contributed by atoms with Crippen molar-refractivity contribution in [3.63, 3.8) is 0 Å². The van der Waals surface area contributed by atoms with Crippen LogP contribution in [-0.2, 0) is 22.5 Å². The molecule has 7 heteroatoms. The second-order valence-corrected chi connectivity index (χ2v) is 8.90. The van der Waals surface area contributed by atoms with Crippen LogP contribution in [0.5, 0.6) is 5.75 Å². The maximum absolute atomic E-state index is 13.2. The van der Waals surface area contributed by atoms with Crippen LogP contribution in [0.25, 0.3) is 5.13 Å². The van der Waals surface area contributed by atoms with Crippen LogP contribution in [0.4, 0.5) is 0 Å². The standard InChI is InChI=1S/C24H29N3O3S/c1-3-30-22(28)24(16-19-7-4-9-21(15-19)29-2)10-6-12-26(18-24)17-20-8-5-13-27(20)23-25-11-14-31-23/h4-5,7-9,11,13-15H,3,6,10,12,16-18H2,1-2H3/t24-/m1/s1. The molecule has 0 unspecified atom stereocenters. The minimum atomic E-state index is -0.556. The number of aromatic nitrogens is 2. The Balaban J connectivity index is 1.57. The van der Waals surface area contributed by atoms with Gasteiger partial charge in [0.25, 0.3) is 0 Å². The molecule has 31 heavy (non-hydrogen) atoms. The summed E-state index contributed by atoms with van der Waals surface area (Å²) in [6.45, 7) is 4.67. The summed E-state index contributed by atoms with van der Waals surface area (Å²) in [6, 6.07) is 12.2. The Morgan fingerprint density at radius 3 is 2.97 bits per heavy atom. The lowest BCUT2D eigenvalue weighted by Gasteiger charge is -2.41. The average molecular weight is 440 g/mol. The van der Waals surface area contributed by atoms with Gasteiger partial charge in [-0.05, 0) is 62.6 Å². The number of benzene rings is 1. The van der Waals surface area contributed by atoms with Gasteiger partial charge >= 0.3 is 5.97 Å². The first-order valence-electron chi connectivity index (χ1n) is 10.7. The van der Waals surface area contributed by atoms with E-state index in [0.29, 0.717) is 19.6 Å². The first-order chi connectivity index (χ1) is 15.1. The Morgan fingerprint density at radius 1 is 1.29 bits per heavy atom. The molecule has 1 fully saturated rings. The number of esters is 1. The zero-order valence-electron chi connectivity index (χ0n) is 18.1. The fourth-order valence-corrected chi connectivity index (χ4v) is 5.16. The summed E-state index contributed by atoms with van der Waals surface area (Å²) >= 11 is 1.62. The number of rotatable bonds is 8. The predicted octanol–water partition coefficient (Wildman–Crippen LogP) is 4.33. The van der Waals surface area contributed by atoms with Crippen LogP contribution >= 0.6 is 11.3 Å². The van der Waals surface area contributed by atoms with Crippen molar-refractivity contribution in [1.29, 1.82) is 0 Å². The molecule has 0 spiro atoms. The highest BCUT2D eigenvalue weighted by Gasteiger charge is 2.43. The SMILES string of the molecule is CCOC(=O)[C@@]1(Cc2cccc(OC)c2)CCCN(Cc2cccn2-c2nccs2)C1. The molecule has 0 amide bonds. The Kier molecular flexibility index (Phi) is 6.73. The van der Waals surface area contributed by atoms with Crippen LogP contribution in [0, 0.1) is 5.41 Å². The van der Waals surface area contributed by atoms with Crippen molar-refractivity contribution < 1.29 is 14.3 Å². The van der Waals surface area contributed by atoms with E-state index in [1.807, 2.05) is 42.9 Å². The van der Waals surface area contributed by atoms with Gasteiger partial charge < -0.3 is 9.47 Å². The number of hydrogen-bond acceptors (Lipinski definition) is 6. The van der Waals surface area contributed by atoms with Crippen molar-refractivity contribution in [3.8, 4) is 10.9 Å². The van der Waals surface area contributed by atoms with Crippen molar-refractivity contribution in [2.24, 2.45) is 5.41 Å². The molecule has 3 aromatic rings. The summed E-state index contributed by atoms with van der Waals surface area (Å²) < 4.78 is 13.1. The smallest absolute Gasteiger partial charge is 0.313 e. The van der Waals surface area contributed by atoms with E-state index in [4.69, 9.17) is 9.47 Å². The zero-order valence-corrected chi connectivity index (χ0v) is 18.9. The lowest BCUT2D eigenvalue weighted by Crippen LogP contribution is -2.49. The second-order valence-electron chi connectivity index (χ2n) is 8.03. The molecule has 164 valence electrons. The van der Waals surface area contributed by atoms with E-state index in [2.05, 4.69) is 32.7 Å². The average Bonchev–Trinajstić information content (AvgIpc) is 3.46. The molecule has 1 saturated heterocycles. The molecule has 0 radical (unpaired) electrons. The number of hydrogen-bond donors (Lipinski definition) is 0. The van der Waals surface area contributed by atoms with Crippen LogP contribution in [0.15, 0.2) is 54.2 Å². The van der Waals surface area contributed by atoms with E-state index in [9.17, 15) is 4.79 Å². The first-order valence-corrected chi connectivity index (χ1v) is 11.6. The first kappa shape index (κ1) is 21.6. The van der Waals surface area contributed by atoms with E-state index >= 15 is 0 Å². The van der Waals surface area contributed by atoms with Crippen molar-refractivity contribution >= 4 is 17.3 Å². The third kappa shape index (κ3) is 4.83. The van der Waals surface area contributed by atoms with Gasteiger partial charge in [-0.3, -0.25) is 14.3 Å². The highest BCUT2D eigenvalue weighted by molar-refractivity contribution is 7.12. The Morgan fingerprint density at radius 2 is 2.19 bits per heavy atom. The summed E-state index contributed by atoms with van der Waals surface area (Å²) in [6.07, 6.45) is 6.30. The van der Waals surface area contributed by atoms with Crippen LogP contribution < -0.4 is 4.74 Å². The molecular formula is C24H29N3O3S. The molecule has 1 aliphatic rings. The monoisotopic (exact) mass is 439 g/mol. The van der Waals surface area contributed by atoms with Gasteiger partial charge in [-0.2, -0.15) is 0 Å². The molecule has 0 saturated carbocycles. The van der Waals surface area contributed by atoms with Crippen LogP contribution in [0.2, 0.25) is 0 Å². The van der Waals surface area contributed by atoms with E-state index in [1.54, 1.807) is 18.4 Å². The Bertz CT molecular complexity index is 1000. The molecule has 3 heterocycles. The van der Waals surface area contributed by atoms with Crippen molar-refractivity contribution in [2.75, 3.05) is 26.8 Å². The lowest BCUT2D eigenvalue weighted by molar-refractivity contribution is -0.159. The maximum atomic E-state index is 13.2. The highest BCUT2D eigenvalue weighted by atomic mass is 32.1. The van der Waals surface area contributed by atoms with Crippen molar-refractivity contribution in [3.05, 3.63) is 65.4 Å². The number of nitrogens with zero attached hydrogens (tertiary/aromatic N) is 3. The van der Waals surface area contributed by atoms with Gasteiger partial charge in [0.2, 0.25) is 0 Å². The molecule has 0 N–H and O–H groups in total. The summed E-state index contributed by atoms with van der Waals surface area (Å²) in [5, 5.41) is 2.95. The second kappa shape index (κ2) is 9.66. The highest BCUT2D eigenvalue weighted by Crippen LogP contribution is 2.36. The number of methoxy groups -OCH3 is 1. The minimum Gasteiger partial charge on any atom is -0.497 e. The molecular weight excluding hydrogens is 410 g/mol. The summed E-state index contributed by atoms with van der Waals surface area (Å²) in [5.41, 5.74) is 1.72. The molecule has 0 aliphatic carbocycles. The van der Waals surface area contributed by atoms with E-state index in [0.717, 1.165) is 42.4 Å². The third-order valence-corrected chi connectivity index (χ3v) is 6.66. The molecule has 6 nitrogen and oxygen atoms in total. The van der Waals surface area contributed by atoms with Gasteiger partial charge in [0.1, 0.15) is 5.75 Å². The molecule has 1 aliphatic heterocycles. The van der Waals surface area contributed by atoms with Crippen molar-refractivity contribution in [2.45, 2.75) is 32.7 Å². The van der Waals surface area contributed by atoms with Crippen LogP contribution in [0.3, 0.4) is 0 Å². The normalized spacial score (nSPS) is 19.3. The summed E-state index contributed by atoms with van der Waals surface area (Å²) in [7, 11) is 1.67. The van der Waals surface area contributed by atoms with Crippen LogP contribution in [0.1, 0.15) is 31.0 Å². The minimum absolute atomic E-state index is 0.0992. The Hall–Kier alpha value is -2.64. The topological polar surface area (TPSA) is 56.6 Å². The van der Waals surface area contributed by atoms with E-state index in [1.165, 1.54) is 5.69 Å².